The standard InChI is InChI=1S/C20H31N3O2.2ClH/c1-16(24)23-14-19(25)12-20(15-23)7-10-22(11-8-20)13-18-4-2-17(3-5-18)6-9-21;;/h2-5,19,25H,6-15,21H2,1H3;2*1H. The number of nitrogens with two attached hydrogens (primary N) is 1. The number of carbonyl (C=O) groups is 1. The van der Waals surface area contributed by atoms with Crippen LogP contribution in [0.5, 0.6) is 0 Å². The Kier molecular flexibility index (Phi) is 9.52. The van der Waals surface area contributed by atoms with Crippen LogP contribution in [0, 0.1) is 5.41 Å². The average molecular weight is 418 g/mol. The van der Waals surface area contributed by atoms with E-state index in [2.05, 4.69) is 29.2 Å². The van der Waals surface area contributed by atoms with E-state index in [9.17, 15) is 9.90 Å². The number of hydrogen-bond acceptors (Lipinski definition) is 4. The zero-order valence-corrected chi connectivity index (χ0v) is 17.7. The molecule has 2 saturated heterocycles. The summed E-state index contributed by atoms with van der Waals surface area (Å²) in [5.74, 6) is 0.0816. The molecule has 2 heterocycles. The highest BCUT2D eigenvalue weighted by Gasteiger charge is 2.42. The van der Waals surface area contributed by atoms with Crippen LogP contribution in [0.15, 0.2) is 24.3 Å². The zero-order chi connectivity index (χ0) is 17.9. The number of hydrogen-bond donors (Lipinski definition) is 2. The van der Waals surface area contributed by atoms with E-state index in [0.717, 1.165) is 51.9 Å². The van der Waals surface area contributed by atoms with Crippen molar-refractivity contribution in [1.29, 1.82) is 0 Å². The lowest BCUT2D eigenvalue weighted by Gasteiger charge is -2.49. The zero-order valence-electron chi connectivity index (χ0n) is 16.1. The van der Waals surface area contributed by atoms with Gasteiger partial charge in [-0.3, -0.25) is 9.69 Å². The maximum Gasteiger partial charge on any atom is 0.219 e. The molecule has 0 radical (unpaired) electrons. The molecule has 3 N–H and O–H groups in total. The topological polar surface area (TPSA) is 69.8 Å². The van der Waals surface area contributed by atoms with Gasteiger partial charge in [-0.1, -0.05) is 24.3 Å². The fourth-order valence-electron chi connectivity index (χ4n) is 4.38. The fraction of sp³-hybridized carbons (Fsp3) is 0.650. The highest BCUT2D eigenvalue weighted by atomic mass is 35.5. The predicted molar refractivity (Wildman–Crippen MR) is 114 cm³/mol. The van der Waals surface area contributed by atoms with E-state index in [-0.39, 0.29) is 42.2 Å². The number of β-amino-alcohol motifs (C(OH)–C–C–N with tert-alkyl or cyclic N) is 1. The number of aliphatic hydroxyl groups is 1. The molecule has 3 rings (SSSR count). The molecule has 0 saturated carbocycles. The van der Waals surface area contributed by atoms with Crippen LogP contribution in [-0.4, -0.2) is 59.6 Å². The number of nitrogens with zero attached hydrogens (tertiary/aromatic N) is 2. The number of benzene rings is 1. The van der Waals surface area contributed by atoms with Crippen molar-refractivity contribution in [2.24, 2.45) is 11.1 Å². The van der Waals surface area contributed by atoms with Crippen molar-refractivity contribution in [3.05, 3.63) is 35.4 Å². The first-order chi connectivity index (χ1) is 12.0. The molecule has 154 valence electrons. The van der Waals surface area contributed by atoms with Crippen molar-refractivity contribution in [3.8, 4) is 0 Å². The Hall–Kier alpha value is -0.850. The number of amides is 1. The van der Waals surface area contributed by atoms with Crippen LogP contribution in [0.1, 0.15) is 37.3 Å². The third kappa shape index (κ3) is 6.33. The Morgan fingerprint density at radius 1 is 1.19 bits per heavy atom. The number of halogens is 2. The lowest BCUT2D eigenvalue weighted by molar-refractivity contribution is -0.138. The van der Waals surface area contributed by atoms with Crippen LogP contribution < -0.4 is 5.73 Å². The van der Waals surface area contributed by atoms with Gasteiger partial charge in [-0.05, 0) is 61.9 Å². The summed E-state index contributed by atoms with van der Waals surface area (Å²) in [5, 5.41) is 10.2. The lowest BCUT2D eigenvalue weighted by atomic mass is 9.71. The Balaban J connectivity index is 0.00000182. The maximum absolute atomic E-state index is 11.7. The monoisotopic (exact) mass is 417 g/mol. The van der Waals surface area contributed by atoms with Gasteiger partial charge in [-0.25, -0.2) is 0 Å². The molecule has 27 heavy (non-hydrogen) atoms. The summed E-state index contributed by atoms with van der Waals surface area (Å²) in [6, 6.07) is 8.76. The number of piperidine rings is 2. The number of likely N-dealkylation sites (tertiary alicyclic amines) is 2. The minimum atomic E-state index is -0.376. The maximum atomic E-state index is 11.7. The summed E-state index contributed by atoms with van der Waals surface area (Å²) >= 11 is 0. The van der Waals surface area contributed by atoms with E-state index in [0.29, 0.717) is 13.1 Å². The predicted octanol–water partition coefficient (Wildman–Crippen LogP) is 2.23. The summed E-state index contributed by atoms with van der Waals surface area (Å²) in [7, 11) is 0. The van der Waals surface area contributed by atoms with Crippen LogP contribution >= 0.6 is 24.8 Å². The molecule has 1 aromatic carbocycles. The molecule has 2 fully saturated rings. The van der Waals surface area contributed by atoms with Crippen molar-refractivity contribution < 1.29 is 9.90 Å². The van der Waals surface area contributed by atoms with E-state index < -0.39 is 0 Å². The Morgan fingerprint density at radius 2 is 1.78 bits per heavy atom. The molecule has 0 bridgehead atoms. The molecule has 2 aliphatic heterocycles. The van der Waals surface area contributed by atoms with Gasteiger partial charge in [-0.15, -0.1) is 24.8 Å². The van der Waals surface area contributed by atoms with E-state index in [1.54, 1.807) is 6.92 Å². The molecular formula is C20H33Cl2N3O2. The minimum absolute atomic E-state index is 0. The van der Waals surface area contributed by atoms with Gasteiger partial charge in [0, 0.05) is 26.6 Å². The van der Waals surface area contributed by atoms with Gasteiger partial charge in [0.2, 0.25) is 5.91 Å². The Bertz CT molecular complexity index is 589. The van der Waals surface area contributed by atoms with Crippen molar-refractivity contribution >= 4 is 30.7 Å². The second kappa shape index (κ2) is 10.6. The first kappa shape index (κ1) is 24.2. The Morgan fingerprint density at radius 3 is 2.33 bits per heavy atom. The van der Waals surface area contributed by atoms with Crippen LogP contribution in [-0.2, 0) is 17.8 Å². The molecule has 1 aromatic rings. The summed E-state index contributed by atoms with van der Waals surface area (Å²) in [4.78, 5) is 16.1. The molecule has 1 spiro atoms. The average Bonchev–Trinajstić information content (AvgIpc) is 2.58. The van der Waals surface area contributed by atoms with Gasteiger partial charge in [0.1, 0.15) is 0 Å². The molecule has 2 aliphatic rings. The van der Waals surface area contributed by atoms with Gasteiger partial charge in [0.15, 0.2) is 0 Å². The van der Waals surface area contributed by atoms with E-state index >= 15 is 0 Å². The van der Waals surface area contributed by atoms with Gasteiger partial charge in [0.05, 0.1) is 6.10 Å². The summed E-state index contributed by atoms with van der Waals surface area (Å²) in [6.45, 7) is 6.63. The molecule has 1 unspecified atom stereocenters. The van der Waals surface area contributed by atoms with Gasteiger partial charge < -0.3 is 15.7 Å². The van der Waals surface area contributed by atoms with Crippen LogP contribution in [0.25, 0.3) is 0 Å². The largest absolute Gasteiger partial charge is 0.391 e. The van der Waals surface area contributed by atoms with E-state index in [4.69, 9.17) is 5.73 Å². The number of aliphatic hydroxyl groups excluding tert-OH is 1. The smallest absolute Gasteiger partial charge is 0.219 e. The second-order valence-corrected chi connectivity index (χ2v) is 7.89. The van der Waals surface area contributed by atoms with Gasteiger partial charge >= 0.3 is 0 Å². The van der Waals surface area contributed by atoms with Crippen molar-refractivity contribution in [1.82, 2.24) is 9.80 Å². The first-order valence-corrected chi connectivity index (χ1v) is 9.43. The SMILES string of the molecule is CC(=O)N1CC(O)CC2(CCN(Cc3ccc(CCN)cc3)CC2)C1.Cl.Cl. The number of rotatable bonds is 4. The molecular weight excluding hydrogens is 385 g/mol. The minimum Gasteiger partial charge on any atom is -0.391 e. The molecule has 5 nitrogen and oxygen atoms in total. The van der Waals surface area contributed by atoms with Crippen LogP contribution in [0.4, 0.5) is 0 Å². The van der Waals surface area contributed by atoms with Gasteiger partial charge in [-0.2, -0.15) is 0 Å². The number of carbonyl (C=O) groups excluding carboxylic acids is 1. The molecule has 0 aromatic heterocycles. The Labute approximate surface area is 175 Å². The summed E-state index contributed by atoms with van der Waals surface area (Å²) in [6.07, 6.45) is 3.50. The fourth-order valence-corrected chi connectivity index (χ4v) is 4.38. The normalized spacial score (nSPS) is 22.0. The van der Waals surface area contributed by atoms with Gasteiger partial charge in [0.25, 0.3) is 0 Å². The summed E-state index contributed by atoms with van der Waals surface area (Å²) in [5.41, 5.74) is 8.34. The third-order valence-electron chi connectivity index (χ3n) is 5.85. The summed E-state index contributed by atoms with van der Waals surface area (Å²) < 4.78 is 0. The molecule has 0 aliphatic carbocycles. The van der Waals surface area contributed by atoms with Crippen LogP contribution in [0.2, 0.25) is 0 Å². The molecule has 1 amide bonds. The van der Waals surface area contributed by atoms with E-state index in [1.807, 2.05) is 4.90 Å². The second-order valence-electron chi connectivity index (χ2n) is 7.89. The highest BCUT2D eigenvalue weighted by Crippen LogP contribution is 2.40. The molecule has 1 atom stereocenters. The quantitative estimate of drug-likeness (QED) is 0.787. The third-order valence-corrected chi connectivity index (χ3v) is 5.85. The van der Waals surface area contributed by atoms with Crippen molar-refractivity contribution in [3.63, 3.8) is 0 Å². The first-order valence-electron chi connectivity index (χ1n) is 9.43. The van der Waals surface area contributed by atoms with Crippen molar-refractivity contribution in [2.75, 3.05) is 32.7 Å². The highest BCUT2D eigenvalue weighted by molar-refractivity contribution is 5.85. The van der Waals surface area contributed by atoms with E-state index in [1.165, 1.54) is 11.1 Å². The van der Waals surface area contributed by atoms with Crippen molar-refractivity contribution in [2.45, 2.75) is 45.3 Å². The molecule has 7 heteroatoms. The lowest BCUT2D eigenvalue weighted by Crippen LogP contribution is -2.54. The van der Waals surface area contributed by atoms with Crippen LogP contribution in [0.3, 0.4) is 0 Å².